The minimum atomic E-state index is -0.662. The van der Waals surface area contributed by atoms with Crippen LogP contribution in [0.4, 0.5) is 0 Å². The second-order valence-electron chi connectivity index (χ2n) is 7.27. The smallest absolute Gasteiger partial charge is 0.339 e. The summed E-state index contributed by atoms with van der Waals surface area (Å²) in [5.74, 6) is -0.137. The average Bonchev–Trinajstić information content (AvgIpc) is 2.93. The molecule has 1 spiro atoms. The summed E-state index contributed by atoms with van der Waals surface area (Å²) < 4.78 is 5.79. The first-order valence-electron chi connectivity index (χ1n) is 9.24. The zero-order valence-electron chi connectivity index (χ0n) is 15.0. The lowest BCUT2D eigenvalue weighted by atomic mass is 9.85. The maximum Gasteiger partial charge on any atom is 0.339 e. The van der Waals surface area contributed by atoms with Crippen LogP contribution < -0.4 is 0 Å². The first-order valence-corrected chi connectivity index (χ1v) is 9.24. The molecular formula is C22H23NO3. The highest BCUT2D eigenvalue weighted by molar-refractivity contribution is 5.95. The van der Waals surface area contributed by atoms with E-state index in [1.807, 2.05) is 41.3 Å². The summed E-state index contributed by atoms with van der Waals surface area (Å²) >= 11 is 0. The zero-order valence-corrected chi connectivity index (χ0v) is 15.0. The van der Waals surface area contributed by atoms with Crippen LogP contribution in [0.15, 0.2) is 48.5 Å². The molecule has 0 bridgehead atoms. The van der Waals surface area contributed by atoms with Crippen molar-refractivity contribution < 1.29 is 14.3 Å². The van der Waals surface area contributed by atoms with Gasteiger partial charge < -0.3 is 9.64 Å². The molecule has 1 saturated heterocycles. The van der Waals surface area contributed by atoms with E-state index >= 15 is 0 Å². The van der Waals surface area contributed by atoms with Crippen LogP contribution >= 0.6 is 0 Å². The Morgan fingerprint density at radius 1 is 1.15 bits per heavy atom. The molecule has 2 aliphatic rings. The number of carbonyl (C=O) groups excluding carboxylic acids is 2. The van der Waals surface area contributed by atoms with Gasteiger partial charge in [-0.1, -0.05) is 42.5 Å². The van der Waals surface area contributed by atoms with E-state index in [0.717, 1.165) is 31.4 Å². The van der Waals surface area contributed by atoms with Gasteiger partial charge in [-0.2, -0.15) is 0 Å². The molecule has 1 atom stereocenters. The number of ether oxygens (including phenoxy) is 1. The summed E-state index contributed by atoms with van der Waals surface area (Å²) in [5.41, 5.74) is 3.34. The molecule has 2 aliphatic heterocycles. The van der Waals surface area contributed by atoms with Crippen molar-refractivity contribution in [3.05, 3.63) is 70.8 Å². The number of nitrogens with zero attached hydrogens (tertiary/aromatic N) is 1. The predicted octanol–water partition coefficient (Wildman–Crippen LogP) is 3.62. The SMILES string of the molecule is Cc1ccccc1CCC(=O)N1CCCC2(C1)OC(=O)c1ccccc12. The summed E-state index contributed by atoms with van der Waals surface area (Å²) in [4.78, 5) is 26.9. The number of carbonyl (C=O) groups is 2. The van der Waals surface area contributed by atoms with Gasteiger partial charge in [-0.25, -0.2) is 4.79 Å². The lowest BCUT2D eigenvalue weighted by Crippen LogP contribution is -2.48. The maximum atomic E-state index is 12.8. The number of piperidine rings is 1. The van der Waals surface area contributed by atoms with Gasteiger partial charge in [-0.05, 0) is 43.4 Å². The Balaban J connectivity index is 1.48. The van der Waals surface area contributed by atoms with Gasteiger partial charge in [-0.3, -0.25) is 4.79 Å². The summed E-state index contributed by atoms with van der Waals surface area (Å²) in [7, 11) is 0. The van der Waals surface area contributed by atoms with E-state index in [-0.39, 0.29) is 11.9 Å². The van der Waals surface area contributed by atoms with Gasteiger partial charge in [0.15, 0.2) is 5.60 Å². The standard InChI is InChI=1S/C22H23NO3/c1-16-7-2-3-8-17(16)11-12-20(24)23-14-6-13-22(15-23)19-10-5-4-9-18(19)21(25)26-22/h2-5,7-10H,6,11-15H2,1H3. The fraction of sp³-hybridized carbons (Fsp3) is 0.364. The molecule has 0 N–H and O–H groups in total. The fourth-order valence-corrected chi connectivity index (χ4v) is 4.17. The molecule has 1 unspecified atom stereocenters. The van der Waals surface area contributed by atoms with E-state index < -0.39 is 5.60 Å². The molecule has 0 aliphatic carbocycles. The number of rotatable bonds is 3. The number of aryl methyl sites for hydroxylation is 2. The molecular weight excluding hydrogens is 326 g/mol. The minimum Gasteiger partial charge on any atom is -0.449 e. The molecule has 4 nitrogen and oxygen atoms in total. The van der Waals surface area contributed by atoms with Gasteiger partial charge in [0.2, 0.25) is 5.91 Å². The van der Waals surface area contributed by atoms with Gasteiger partial charge in [-0.15, -0.1) is 0 Å². The molecule has 26 heavy (non-hydrogen) atoms. The first kappa shape index (κ1) is 16.8. The number of hydrogen-bond donors (Lipinski definition) is 0. The maximum absolute atomic E-state index is 12.8. The molecule has 2 aromatic carbocycles. The highest BCUT2D eigenvalue weighted by atomic mass is 16.6. The number of amides is 1. The molecule has 2 aromatic rings. The average molecular weight is 349 g/mol. The third-order valence-corrected chi connectivity index (χ3v) is 5.60. The largest absolute Gasteiger partial charge is 0.449 e. The Labute approximate surface area is 153 Å². The molecule has 4 rings (SSSR count). The van der Waals surface area contributed by atoms with E-state index in [9.17, 15) is 9.59 Å². The van der Waals surface area contributed by atoms with Crippen LogP contribution in [0.25, 0.3) is 0 Å². The molecule has 134 valence electrons. The minimum absolute atomic E-state index is 0.132. The summed E-state index contributed by atoms with van der Waals surface area (Å²) in [5, 5.41) is 0. The highest BCUT2D eigenvalue weighted by Crippen LogP contribution is 2.42. The topological polar surface area (TPSA) is 46.6 Å². The highest BCUT2D eigenvalue weighted by Gasteiger charge is 2.48. The van der Waals surface area contributed by atoms with Gasteiger partial charge in [0.05, 0.1) is 12.1 Å². The van der Waals surface area contributed by atoms with Crippen LogP contribution in [0.1, 0.15) is 46.3 Å². The monoisotopic (exact) mass is 349 g/mol. The van der Waals surface area contributed by atoms with Crippen LogP contribution in [0.2, 0.25) is 0 Å². The summed E-state index contributed by atoms with van der Waals surface area (Å²) in [6.45, 7) is 3.26. The Morgan fingerprint density at radius 2 is 1.92 bits per heavy atom. The zero-order chi connectivity index (χ0) is 18.1. The molecule has 0 radical (unpaired) electrons. The Kier molecular flexibility index (Phi) is 4.27. The van der Waals surface area contributed by atoms with Crippen molar-refractivity contribution in [2.45, 2.75) is 38.2 Å². The molecule has 0 aromatic heterocycles. The quantitative estimate of drug-likeness (QED) is 0.795. The second-order valence-corrected chi connectivity index (χ2v) is 7.27. The number of benzene rings is 2. The van der Waals surface area contributed by atoms with E-state index in [2.05, 4.69) is 19.1 Å². The third-order valence-electron chi connectivity index (χ3n) is 5.60. The normalized spacial score (nSPS) is 21.6. The lowest BCUT2D eigenvalue weighted by molar-refractivity contribution is -0.138. The first-order chi connectivity index (χ1) is 12.6. The van der Waals surface area contributed by atoms with Crippen LogP contribution in [-0.2, 0) is 21.6 Å². The molecule has 0 saturated carbocycles. The Bertz CT molecular complexity index is 860. The summed E-state index contributed by atoms with van der Waals surface area (Å²) in [6.07, 6.45) is 2.84. The van der Waals surface area contributed by atoms with Crippen LogP contribution in [0.3, 0.4) is 0 Å². The van der Waals surface area contributed by atoms with Crippen molar-refractivity contribution in [3.63, 3.8) is 0 Å². The van der Waals surface area contributed by atoms with Gasteiger partial charge in [0.1, 0.15) is 0 Å². The number of hydrogen-bond acceptors (Lipinski definition) is 3. The van der Waals surface area contributed by atoms with E-state index in [1.54, 1.807) is 0 Å². The van der Waals surface area contributed by atoms with Crippen LogP contribution in [0.5, 0.6) is 0 Å². The van der Waals surface area contributed by atoms with Crippen molar-refractivity contribution >= 4 is 11.9 Å². The Hall–Kier alpha value is -2.62. The molecule has 1 amide bonds. The predicted molar refractivity (Wildman–Crippen MR) is 98.8 cm³/mol. The van der Waals surface area contributed by atoms with E-state index in [1.165, 1.54) is 11.1 Å². The molecule has 2 heterocycles. The second kappa shape index (κ2) is 6.60. The van der Waals surface area contributed by atoms with Gasteiger partial charge in [0, 0.05) is 18.5 Å². The number of fused-ring (bicyclic) bond motifs is 2. The van der Waals surface area contributed by atoms with Crippen molar-refractivity contribution in [2.24, 2.45) is 0 Å². The molecule has 1 fully saturated rings. The van der Waals surface area contributed by atoms with Crippen molar-refractivity contribution in [1.29, 1.82) is 0 Å². The van der Waals surface area contributed by atoms with Gasteiger partial charge >= 0.3 is 5.97 Å². The third kappa shape index (κ3) is 2.90. The summed E-state index contributed by atoms with van der Waals surface area (Å²) in [6, 6.07) is 15.7. The van der Waals surface area contributed by atoms with Crippen molar-refractivity contribution in [2.75, 3.05) is 13.1 Å². The Morgan fingerprint density at radius 3 is 2.77 bits per heavy atom. The number of likely N-dealkylation sites (tertiary alicyclic amines) is 1. The van der Waals surface area contributed by atoms with Gasteiger partial charge in [0.25, 0.3) is 0 Å². The van der Waals surface area contributed by atoms with E-state index in [0.29, 0.717) is 18.5 Å². The fourth-order valence-electron chi connectivity index (χ4n) is 4.17. The van der Waals surface area contributed by atoms with Crippen molar-refractivity contribution in [1.82, 2.24) is 4.90 Å². The van der Waals surface area contributed by atoms with Crippen molar-refractivity contribution in [3.8, 4) is 0 Å². The van der Waals surface area contributed by atoms with Crippen LogP contribution in [0, 0.1) is 6.92 Å². The lowest BCUT2D eigenvalue weighted by Gasteiger charge is -2.39. The van der Waals surface area contributed by atoms with Crippen LogP contribution in [-0.4, -0.2) is 29.9 Å². The van der Waals surface area contributed by atoms with E-state index in [4.69, 9.17) is 4.74 Å². The molecule has 4 heteroatoms. The number of esters is 1.